The van der Waals surface area contributed by atoms with Crippen LogP contribution in [0.5, 0.6) is 0 Å². The molecule has 1 atom stereocenters. The van der Waals surface area contributed by atoms with Gasteiger partial charge < -0.3 is 10.4 Å². The number of carboxylic acids is 1. The van der Waals surface area contributed by atoms with Gasteiger partial charge in [0.1, 0.15) is 0 Å². The van der Waals surface area contributed by atoms with Gasteiger partial charge in [0.25, 0.3) is 0 Å². The van der Waals surface area contributed by atoms with Gasteiger partial charge in [-0.2, -0.15) is 0 Å². The standard InChI is InChI=1S/C9H13N3O3S/c1-2-6(5-7(13)14)11-8(15)12-9-10-3-4-16-9/h3-4,6H,2,5H2,1H3,(H,13,14)(H2,10,11,12,15). The number of hydrogen-bond acceptors (Lipinski definition) is 4. The van der Waals surface area contributed by atoms with E-state index in [0.29, 0.717) is 11.6 Å². The number of rotatable bonds is 5. The van der Waals surface area contributed by atoms with Crippen LogP contribution in [0.4, 0.5) is 9.93 Å². The molecule has 0 fully saturated rings. The Kier molecular flexibility index (Phi) is 4.71. The summed E-state index contributed by atoms with van der Waals surface area (Å²) in [5, 5.41) is 15.9. The highest BCUT2D eigenvalue weighted by Crippen LogP contribution is 2.10. The van der Waals surface area contributed by atoms with Crippen molar-refractivity contribution in [1.82, 2.24) is 10.3 Å². The van der Waals surface area contributed by atoms with E-state index in [9.17, 15) is 9.59 Å². The van der Waals surface area contributed by atoms with Crippen LogP contribution in [-0.2, 0) is 4.79 Å². The van der Waals surface area contributed by atoms with E-state index in [1.165, 1.54) is 11.3 Å². The second-order valence-corrected chi connectivity index (χ2v) is 4.03. The van der Waals surface area contributed by atoms with Crippen LogP contribution >= 0.6 is 11.3 Å². The molecule has 0 spiro atoms. The van der Waals surface area contributed by atoms with Crippen molar-refractivity contribution < 1.29 is 14.7 Å². The molecule has 0 radical (unpaired) electrons. The van der Waals surface area contributed by atoms with Crippen LogP contribution in [0.15, 0.2) is 11.6 Å². The summed E-state index contributed by atoms with van der Waals surface area (Å²) in [4.78, 5) is 25.8. The summed E-state index contributed by atoms with van der Waals surface area (Å²) in [7, 11) is 0. The van der Waals surface area contributed by atoms with Crippen LogP contribution in [0, 0.1) is 0 Å². The van der Waals surface area contributed by atoms with Gasteiger partial charge in [-0.1, -0.05) is 6.92 Å². The number of thiazole rings is 1. The molecule has 0 bridgehead atoms. The topological polar surface area (TPSA) is 91.3 Å². The van der Waals surface area contributed by atoms with Crippen molar-refractivity contribution in [3.63, 3.8) is 0 Å². The van der Waals surface area contributed by atoms with Crippen molar-refractivity contribution in [3.8, 4) is 0 Å². The number of hydrogen-bond donors (Lipinski definition) is 3. The van der Waals surface area contributed by atoms with Gasteiger partial charge in [-0.25, -0.2) is 9.78 Å². The third kappa shape index (κ3) is 4.26. The molecule has 1 unspecified atom stereocenters. The van der Waals surface area contributed by atoms with Gasteiger partial charge in [-0.05, 0) is 6.42 Å². The molecule has 0 aliphatic carbocycles. The van der Waals surface area contributed by atoms with Crippen LogP contribution in [0.2, 0.25) is 0 Å². The highest BCUT2D eigenvalue weighted by atomic mass is 32.1. The molecule has 0 aliphatic rings. The predicted molar refractivity (Wildman–Crippen MR) is 60.6 cm³/mol. The fourth-order valence-electron chi connectivity index (χ4n) is 1.11. The van der Waals surface area contributed by atoms with Crippen molar-refractivity contribution in [1.29, 1.82) is 0 Å². The van der Waals surface area contributed by atoms with Crippen molar-refractivity contribution in [2.45, 2.75) is 25.8 Å². The number of carboxylic acid groups (broad SMARTS) is 1. The Morgan fingerprint density at radius 2 is 2.38 bits per heavy atom. The summed E-state index contributed by atoms with van der Waals surface area (Å²) in [6.07, 6.45) is 2.06. The lowest BCUT2D eigenvalue weighted by Crippen LogP contribution is -2.38. The summed E-state index contributed by atoms with van der Waals surface area (Å²) >= 11 is 1.30. The van der Waals surface area contributed by atoms with Crippen LogP contribution in [0.1, 0.15) is 19.8 Å². The Hall–Kier alpha value is -1.63. The zero-order valence-electron chi connectivity index (χ0n) is 8.77. The minimum atomic E-state index is -0.929. The van der Waals surface area contributed by atoms with Gasteiger partial charge in [0.15, 0.2) is 5.13 Å². The first-order chi connectivity index (χ1) is 7.61. The van der Waals surface area contributed by atoms with Crippen LogP contribution in [-0.4, -0.2) is 28.1 Å². The first kappa shape index (κ1) is 12.4. The third-order valence-electron chi connectivity index (χ3n) is 1.90. The Bertz CT molecular complexity index is 353. The molecule has 7 heteroatoms. The number of nitrogens with one attached hydrogen (secondary N) is 2. The summed E-state index contributed by atoms with van der Waals surface area (Å²) in [6, 6.07) is -0.791. The minimum Gasteiger partial charge on any atom is -0.481 e. The molecule has 0 aliphatic heterocycles. The van der Waals surface area contributed by atoms with Gasteiger partial charge >= 0.3 is 12.0 Å². The first-order valence-electron chi connectivity index (χ1n) is 4.80. The number of urea groups is 1. The highest BCUT2D eigenvalue weighted by molar-refractivity contribution is 7.13. The second-order valence-electron chi connectivity index (χ2n) is 3.14. The van der Waals surface area contributed by atoms with Crippen molar-refractivity contribution in [3.05, 3.63) is 11.6 Å². The fraction of sp³-hybridized carbons (Fsp3) is 0.444. The van der Waals surface area contributed by atoms with E-state index < -0.39 is 12.0 Å². The molecular weight excluding hydrogens is 230 g/mol. The molecule has 3 N–H and O–H groups in total. The molecule has 88 valence electrons. The van der Waals surface area contributed by atoms with Crippen molar-refractivity contribution >= 4 is 28.5 Å². The maximum Gasteiger partial charge on any atom is 0.321 e. The largest absolute Gasteiger partial charge is 0.481 e. The van der Waals surface area contributed by atoms with Crippen LogP contribution < -0.4 is 10.6 Å². The molecule has 1 aromatic rings. The third-order valence-corrected chi connectivity index (χ3v) is 2.59. The highest BCUT2D eigenvalue weighted by Gasteiger charge is 2.14. The molecule has 1 aromatic heterocycles. The zero-order valence-corrected chi connectivity index (χ0v) is 9.58. The molecule has 16 heavy (non-hydrogen) atoms. The van der Waals surface area contributed by atoms with Crippen molar-refractivity contribution in [2.75, 3.05) is 5.32 Å². The number of aliphatic carboxylic acids is 1. The Labute approximate surface area is 96.7 Å². The monoisotopic (exact) mass is 243 g/mol. The van der Waals surface area contributed by atoms with E-state index in [0.717, 1.165) is 0 Å². The van der Waals surface area contributed by atoms with Gasteiger partial charge in [0.2, 0.25) is 0 Å². The predicted octanol–water partition coefficient (Wildman–Crippen LogP) is 1.52. The van der Waals surface area contributed by atoms with Gasteiger partial charge in [0, 0.05) is 17.6 Å². The van der Waals surface area contributed by atoms with E-state index in [1.54, 1.807) is 11.6 Å². The summed E-state index contributed by atoms with van der Waals surface area (Å²) in [5.74, 6) is -0.929. The Balaban J connectivity index is 2.40. The molecule has 0 saturated carbocycles. The second kappa shape index (κ2) is 6.06. The lowest BCUT2D eigenvalue weighted by molar-refractivity contribution is -0.137. The molecule has 0 saturated heterocycles. The summed E-state index contributed by atoms with van der Waals surface area (Å²) in [6.45, 7) is 1.82. The molecule has 2 amide bonds. The lowest BCUT2D eigenvalue weighted by atomic mass is 10.1. The SMILES string of the molecule is CCC(CC(=O)O)NC(=O)Nc1nccs1. The number of carbonyl (C=O) groups is 2. The number of nitrogens with zero attached hydrogens (tertiary/aromatic N) is 1. The molecule has 6 nitrogen and oxygen atoms in total. The first-order valence-corrected chi connectivity index (χ1v) is 5.68. The smallest absolute Gasteiger partial charge is 0.321 e. The fourth-order valence-corrected chi connectivity index (χ4v) is 1.64. The quantitative estimate of drug-likeness (QED) is 0.731. The van der Waals surface area contributed by atoms with E-state index in [4.69, 9.17) is 5.11 Å². The number of aromatic nitrogens is 1. The summed E-state index contributed by atoms with van der Waals surface area (Å²) < 4.78 is 0. The maximum absolute atomic E-state index is 11.4. The molecule has 1 heterocycles. The zero-order chi connectivity index (χ0) is 12.0. The lowest BCUT2D eigenvalue weighted by Gasteiger charge is -2.14. The normalized spacial score (nSPS) is 11.8. The Morgan fingerprint density at radius 1 is 1.62 bits per heavy atom. The molecule has 0 aromatic carbocycles. The van der Waals surface area contributed by atoms with Gasteiger partial charge in [0.05, 0.1) is 6.42 Å². The minimum absolute atomic E-state index is 0.0816. The number of anilines is 1. The summed E-state index contributed by atoms with van der Waals surface area (Å²) in [5.41, 5.74) is 0. The molecular formula is C9H13N3O3S. The average molecular weight is 243 g/mol. The average Bonchev–Trinajstić information content (AvgIpc) is 2.68. The van der Waals surface area contributed by atoms with Gasteiger partial charge in [-0.3, -0.25) is 10.1 Å². The van der Waals surface area contributed by atoms with Gasteiger partial charge in [-0.15, -0.1) is 11.3 Å². The van der Waals surface area contributed by atoms with E-state index in [-0.39, 0.29) is 12.5 Å². The molecule has 1 rings (SSSR count). The number of carbonyl (C=O) groups excluding carboxylic acids is 1. The van der Waals surface area contributed by atoms with Crippen LogP contribution in [0.25, 0.3) is 0 Å². The number of amides is 2. The maximum atomic E-state index is 11.4. The van der Waals surface area contributed by atoms with E-state index in [1.807, 2.05) is 6.92 Å². The van der Waals surface area contributed by atoms with Crippen molar-refractivity contribution in [2.24, 2.45) is 0 Å². The Morgan fingerprint density at radius 3 is 2.88 bits per heavy atom. The van der Waals surface area contributed by atoms with Crippen LogP contribution in [0.3, 0.4) is 0 Å². The van der Waals surface area contributed by atoms with E-state index in [2.05, 4.69) is 15.6 Å². The van der Waals surface area contributed by atoms with E-state index >= 15 is 0 Å².